The molecule has 2 fully saturated rings. The molecule has 2 aliphatic rings. The first kappa shape index (κ1) is 12.2. The van der Waals surface area contributed by atoms with Crippen LogP contribution in [0.4, 0.5) is 11.5 Å². The Morgan fingerprint density at radius 2 is 2.16 bits per heavy atom. The van der Waals surface area contributed by atoms with E-state index in [1.165, 1.54) is 12.8 Å². The van der Waals surface area contributed by atoms with E-state index in [4.69, 9.17) is 5.73 Å². The summed E-state index contributed by atoms with van der Waals surface area (Å²) in [5.74, 6) is 0.789. The summed E-state index contributed by atoms with van der Waals surface area (Å²) >= 11 is 0. The average molecular weight is 257 g/mol. The van der Waals surface area contributed by atoms with E-state index < -0.39 is 0 Å². The second-order valence-corrected chi connectivity index (χ2v) is 5.54. The molecule has 0 radical (unpaired) electrons. The molecule has 3 heterocycles. The van der Waals surface area contributed by atoms with Crippen LogP contribution in [0.15, 0.2) is 12.3 Å². The van der Waals surface area contributed by atoms with Gasteiger partial charge in [-0.2, -0.15) is 5.26 Å². The van der Waals surface area contributed by atoms with E-state index in [0.717, 1.165) is 25.3 Å². The molecule has 2 bridgehead atoms. The van der Waals surface area contributed by atoms with E-state index in [1.54, 1.807) is 12.3 Å². The van der Waals surface area contributed by atoms with Gasteiger partial charge >= 0.3 is 0 Å². The summed E-state index contributed by atoms with van der Waals surface area (Å²) in [6.45, 7) is 1.93. The summed E-state index contributed by atoms with van der Waals surface area (Å²) in [5, 5.41) is 9.25. The number of anilines is 2. The predicted octanol–water partition coefficient (Wildman–Crippen LogP) is 1.21. The van der Waals surface area contributed by atoms with Gasteiger partial charge in [0, 0.05) is 25.2 Å². The molecule has 0 amide bonds. The molecule has 3 rings (SSSR count). The molecule has 2 atom stereocenters. The molecule has 0 aliphatic carbocycles. The molecule has 19 heavy (non-hydrogen) atoms. The highest BCUT2D eigenvalue weighted by Crippen LogP contribution is 2.31. The first-order valence-electron chi connectivity index (χ1n) is 6.81. The van der Waals surface area contributed by atoms with Gasteiger partial charge in [-0.15, -0.1) is 0 Å². The van der Waals surface area contributed by atoms with Crippen LogP contribution < -0.4 is 10.6 Å². The molecular formula is C14H19N5. The Kier molecular flexibility index (Phi) is 3.03. The van der Waals surface area contributed by atoms with Crippen molar-refractivity contribution >= 4 is 11.5 Å². The SMILES string of the molecule is CN1C2CCC1CN(c1ncc(N)cc1C#N)CC2. The molecule has 0 saturated carbocycles. The lowest BCUT2D eigenvalue weighted by Gasteiger charge is -2.27. The van der Waals surface area contributed by atoms with Crippen molar-refractivity contribution in [3.63, 3.8) is 0 Å². The molecule has 5 heteroatoms. The van der Waals surface area contributed by atoms with Gasteiger partial charge < -0.3 is 10.6 Å². The molecule has 1 aromatic heterocycles. The minimum Gasteiger partial charge on any atom is -0.397 e. The van der Waals surface area contributed by atoms with Gasteiger partial charge in [-0.25, -0.2) is 4.98 Å². The Morgan fingerprint density at radius 1 is 1.37 bits per heavy atom. The van der Waals surface area contributed by atoms with Crippen LogP contribution in [0.5, 0.6) is 0 Å². The molecule has 5 nitrogen and oxygen atoms in total. The van der Waals surface area contributed by atoms with Gasteiger partial charge in [-0.1, -0.05) is 0 Å². The van der Waals surface area contributed by atoms with Crippen molar-refractivity contribution in [3.8, 4) is 6.07 Å². The highest BCUT2D eigenvalue weighted by molar-refractivity contribution is 5.59. The number of likely N-dealkylation sites (N-methyl/N-ethyl adjacent to an activating group) is 1. The molecule has 100 valence electrons. The molecule has 2 saturated heterocycles. The number of hydrogen-bond acceptors (Lipinski definition) is 5. The van der Waals surface area contributed by atoms with Crippen LogP contribution in [0.3, 0.4) is 0 Å². The van der Waals surface area contributed by atoms with Crippen LogP contribution in [-0.4, -0.2) is 42.1 Å². The number of nitrogens with zero attached hydrogens (tertiary/aromatic N) is 4. The van der Waals surface area contributed by atoms with Gasteiger partial charge in [0.2, 0.25) is 0 Å². The lowest BCUT2D eigenvalue weighted by Crippen LogP contribution is -2.37. The molecule has 2 N–H and O–H groups in total. The van der Waals surface area contributed by atoms with Crippen molar-refractivity contribution in [3.05, 3.63) is 17.8 Å². The molecule has 0 aromatic carbocycles. The lowest BCUT2D eigenvalue weighted by atomic mass is 10.1. The van der Waals surface area contributed by atoms with E-state index in [-0.39, 0.29) is 0 Å². The minimum atomic E-state index is 0.550. The van der Waals surface area contributed by atoms with Crippen LogP contribution in [0.2, 0.25) is 0 Å². The maximum absolute atomic E-state index is 9.25. The number of pyridine rings is 1. The highest BCUT2D eigenvalue weighted by Gasteiger charge is 2.35. The Bertz CT molecular complexity index is 521. The third-order valence-corrected chi connectivity index (χ3v) is 4.46. The minimum absolute atomic E-state index is 0.550. The first-order chi connectivity index (χ1) is 9.19. The van der Waals surface area contributed by atoms with Crippen molar-refractivity contribution in [1.29, 1.82) is 5.26 Å². The van der Waals surface area contributed by atoms with Crippen molar-refractivity contribution < 1.29 is 0 Å². The van der Waals surface area contributed by atoms with Gasteiger partial charge in [-0.05, 0) is 32.4 Å². The second-order valence-electron chi connectivity index (χ2n) is 5.54. The van der Waals surface area contributed by atoms with Crippen molar-refractivity contribution in [2.45, 2.75) is 31.3 Å². The fourth-order valence-corrected chi connectivity index (χ4v) is 3.31. The average Bonchev–Trinajstić information content (AvgIpc) is 2.64. The van der Waals surface area contributed by atoms with Gasteiger partial charge in [-0.3, -0.25) is 4.90 Å². The number of aromatic nitrogens is 1. The number of nitrogens with two attached hydrogens (primary N) is 1. The summed E-state index contributed by atoms with van der Waals surface area (Å²) in [6, 6.07) is 5.20. The van der Waals surface area contributed by atoms with Gasteiger partial charge in [0.1, 0.15) is 11.9 Å². The van der Waals surface area contributed by atoms with E-state index in [9.17, 15) is 5.26 Å². The molecule has 1 aromatic rings. The molecule has 0 spiro atoms. The van der Waals surface area contributed by atoms with Crippen LogP contribution in [0.1, 0.15) is 24.8 Å². The smallest absolute Gasteiger partial charge is 0.146 e. The van der Waals surface area contributed by atoms with E-state index in [0.29, 0.717) is 23.3 Å². The normalized spacial score (nSPS) is 27.1. The quantitative estimate of drug-likeness (QED) is 0.819. The number of nitriles is 1. The highest BCUT2D eigenvalue weighted by atomic mass is 15.3. The molecule has 2 unspecified atom stereocenters. The van der Waals surface area contributed by atoms with Gasteiger partial charge in [0.05, 0.1) is 17.4 Å². The van der Waals surface area contributed by atoms with Crippen LogP contribution in [-0.2, 0) is 0 Å². The summed E-state index contributed by atoms with van der Waals surface area (Å²) in [6.07, 6.45) is 5.33. The zero-order chi connectivity index (χ0) is 13.4. The number of hydrogen-bond donors (Lipinski definition) is 1. The Morgan fingerprint density at radius 3 is 2.95 bits per heavy atom. The number of fused-ring (bicyclic) bond motifs is 2. The summed E-state index contributed by atoms with van der Waals surface area (Å²) < 4.78 is 0. The van der Waals surface area contributed by atoms with Crippen LogP contribution in [0, 0.1) is 11.3 Å². The first-order valence-corrected chi connectivity index (χ1v) is 6.81. The standard InChI is InChI=1S/C14H19N5/c1-18-12-2-3-13(18)9-19(5-4-12)14-10(7-15)6-11(16)8-17-14/h6,8,12-13H,2-5,9,16H2,1H3. The molecule has 2 aliphatic heterocycles. The van der Waals surface area contributed by atoms with Crippen LogP contribution >= 0.6 is 0 Å². The zero-order valence-corrected chi connectivity index (χ0v) is 11.2. The fourth-order valence-electron chi connectivity index (χ4n) is 3.31. The fraction of sp³-hybridized carbons (Fsp3) is 0.571. The third-order valence-electron chi connectivity index (χ3n) is 4.46. The largest absolute Gasteiger partial charge is 0.397 e. The zero-order valence-electron chi connectivity index (χ0n) is 11.2. The molecular weight excluding hydrogens is 238 g/mol. The second kappa shape index (κ2) is 4.71. The summed E-state index contributed by atoms with van der Waals surface area (Å²) in [5.41, 5.74) is 6.84. The van der Waals surface area contributed by atoms with E-state index in [2.05, 4.69) is 27.9 Å². The van der Waals surface area contributed by atoms with E-state index in [1.807, 2.05) is 0 Å². The van der Waals surface area contributed by atoms with Crippen molar-refractivity contribution in [2.75, 3.05) is 30.8 Å². The number of rotatable bonds is 1. The lowest BCUT2D eigenvalue weighted by molar-refractivity contribution is 0.254. The monoisotopic (exact) mass is 257 g/mol. The predicted molar refractivity (Wildman–Crippen MR) is 74.8 cm³/mol. The Hall–Kier alpha value is -1.80. The Labute approximate surface area is 113 Å². The van der Waals surface area contributed by atoms with Crippen molar-refractivity contribution in [1.82, 2.24) is 9.88 Å². The van der Waals surface area contributed by atoms with Gasteiger partial charge in [0.25, 0.3) is 0 Å². The maximum atomic E-state index is 9.25. The summed E-state index contributed by atoms with van der Waals surface area (Å²) in [7, 11) is 2.22. The number of nitrogen functional groups attached to an aromatic ring is 1. The van der Waals surface area contributed by atoms with E-state index >= 15 is 0 Å². The van der Waals surface area contributed by atoms with Gasteiger partial charge in [0.15, 0.2) is 0 Å². The third kappa shape index (κ3) is 2.13. The Balaban J connectivity index is 1.89. The van der Waals surface area contributed by atoms with Crippen LogP contribution in [0.25, 0.3) is 0 Å². The topological polar surface area (TPSA) is 69.2 Å². The maximum Gasteiger partial charge on any atom is 0.146 e. The van der Waals surface area contributed by atoms with Crippen molar-refractivity contribution in [2.24, 2.45) is 0 Å². The summed E-state index contributed by atoms with van der Waals surface area (Å²) in [4.78, 5) is 9.12.